The molecule has 1 fully saturated rings. The maximum Gasteiger partial charge on any atom is 0.132 e. The molecule has 0 atom stereocenters. The summed E-state index contributed by atoms with van der Waals surface area (Å²) in [6.07, 6.45) is 3.12. The van der Waals surface area contributed by atoms with Crippen LogP contribution in [0.25, 0.3) is 0 Å². The zero-order chi connectivity index (χ0) is 11.1. The largest absolute Gasteiger partial charge is 0.305 e. The molecular formula is C8H12I2O3S2. The Morgan fingerprint density at radius 2 is 1.60 bits per heavy atom. The highest BCUT2D eigenvalue weighted by molar-refractivity contribution is 14.2. The molecule has 1 rings (SSSR count). The number of halogens is 2. The van der Waals surface area contributed by atoms with Crippen LogP contribution < -0.4 is 0 Å². The van der Waals surface area contributed by atoms with Crippen molar-refractivity contribution in [3.63, 3.8) is 0 Å². The SMILES string of the molecule is O=C1CCC(COSI)(COSI)CC1. The van der Waals surface area contributed by atoms with Crippen LogP contribution in [0.3, 0.4) is 0 Å². The van der Waals surface area contributed by atoms with E-state index >= 15 is 0 Å². The third kappa shape index (κ3) is 5.28. The number of hydrogen-bond donors (Lipinski definition) is 0. The Morgan fingerprint density at radius 1 is 1.13 bits per heavy atom. The van der Waals surface area contributed by atoms with Crippen LogP contribution in [0.1, 0.15) is 25.7 Å². The highest BCUT2D eigenvalue weighted by atomic mass is 127. The summed E-state index contributed by atoms with van der Waals surface area (Å²) in [6.45, 7) is 1.34. The van der Waals surface area contributed by atoms with Gasteiger partial charge in [0.2, 0.25) is 0 Å². The quantitative estimate of drug-likeness (QED) is 0.428. The minimum Gasteiger partial charge on any atom is -0.305 e. The van der Waals surface area contributed by atoms with E-state index in [1.807, 2.05) is 0 Å². The number of hydrogen-bond acceptors (Lipinski definition) is 5. The molecule has 0 aromatic carbocycles. The van der Waals surface area contributed by atoms with Gasteiger partial charge in [0.25, 0.3) is 0 Å². The Morgan fingerprint density at radius 3 is 2.00 bits per heavy atom. The molecule has 0 aromatic heterocycles. The van der Waals surface area contributed by atoms with E-state index in [1.54, 1.807) is 0 Å². The van der Waals surface area contributed by atoms with Gasteiger partial charge in [-0.05, 0) is 12.8 Å². The van der Waals surface area contributed by atoms with Gasteiger partial charge in [0, 0.05) is 60.7 Å². The van der Waals surface area contributed by atoms with Gasteiger partial charge < -0.3 is 8.37 Å². The third-order valence-corrected chi connectivity index (χ3v) is 4.63. The average Bonchev–Trinajstić information content (AvgIpc) is 2.27. The molecule has 15 heavy (non-hydrogen) atoms. The fraction of sp³-hybridized carbons (Fsp3) is 0.875. The second-order valence-corrected chi connectivity index (χ2v) is 6.57. The van der Waals surface area contributed by atoms with Gasteiger partial charge in [0.05, 0.1) is 31.6 Å². The summed E-state index contributed by atoms with van der Waals surface area (Å²) < 4.78 is 10.8. The Balaban J connectivity index is 2.47. The van der Waals surface area contributed by atoms with Crippen molar-refractivity contribution in [2.45, 2.75) is 25.7 Å². The minimum atomic E-state index is 0.0459. The van der Waals surface area contributed by atoms with Crippen molar-refractivity contribution >= 4 is 66.6 Å². The fourth-order valence-electron chi connectivity index (χ4n) is 1.68. The molecule has 88 valence electrons. The molecule has 0 saturated heterocycles. The lowest BCUT2D eigenvalue weighted by Gasteiger charge is -2.34. The van der Waals surface area contributed by atoms with E-state index in [1.165, 1.54) is 18.4 Å². The Kier molecular flexibility index (Phi) is 7.86. The molecule has 1 saturated carbocycles. The molecule has 0 aliphatic heterocycles. The lowest BCUT2D eigenvalue weighted by atomic mass is 9.75. The van der Waals surface area contributed by atoms with Gasteiger partial charge in [-0.25, -0.2) is 0 Å². The number of rotatable bonds is 6. The number of carbonyl (C=O) groups excluding carboxylic acids is 1. The molecule has 0 amide bonds. The lowest BCUT2D eigenvalue weighted by molar-refractivity contribution is -0.123. The van der Waals surface area contributed by atoms with Crippen molar-refractivity contribution in [3.05, 3.63) is 0 Å². The minimum absolute atomic E-state index is 0.0459. The maximum atomic E-state index is 11.2. The van der Waals surface area contributed by atoms with Gasteiger partial charge in [0.1, 0.15) is 5.78 Å². The van der Waals surface area contributed by atoms with Crippen LogP contribution in [0.2, 0.25) is 0 Å². The molecule has 1 aliphatic carbocycles. The zero-order valence-electron chi connectivity index (χ0n) is 8.04. The van der Waals surface area contributed by atoms with Crippen LogP contribution in [-0.4, -0.2) is 19.0 Å². The highest BCUT2D eigenvalue weighted by Gasteiger charge is 2.35. The van der Waals surface area contributed by atoms with Crippen LogP contribution in [0.5, 0.6) is 0 Å². The van der Waals surface area contributed by atoms with E-state index < -0.39 is 0 Å². The Hall–Kier alpha value is 1.75. The zero-order valence-corrected chi connectivity index (χ0v) is 14.0. The predicted molar refractivity (Wildman–Crippen MR) is 81.0 cm³/mol. The maximum absolute atomic E-state index is 11.2. The summed E-state index contributed by atoms with van der Waals surface area (Å²) in [5.41, 5.74) is 0.0459. The molecule has 0 unspecified atom stereocenters. The van der Waals surface area contributed by atoms with Crippen molar-refractivity contribution in [3.8, 4) is 0 Å². The first-order valence-electron chi connectivity index (χ1n) is 4.54. The molecule has 0 bridgehead atoms. The van der Waals surface area contributed by atoms with Crippen LogP contribution >= 0.6 is 60.8 Å². The Bertz CT molecular complexity index is 196. The summed E-state index contributed by atoms with van der Waals surface area (Å²) in [4.78, 5) is 11.2. The van der Waals surface area contributed by atoms with E-state index in [0.29, 0.717) is 31.8 Å². The lowest BCUT2D eigenvalue weighted by Crippen LogP contribution is -2.35. The van der Waals surface area contributed by atoms with E-state index in [0.717, 1.165) is 12.8 Å². The molecule has 3 nitrogen and oxygen atoms in total. The molecule has 0 N–H and O–H groups in total. The van der Waals surface area contributed by atoms with E-state index in [9.17, 15) is 4.79 Å². The van der Waals surface area contributed by atoms with Crippen molar-refractivity contribution in [2.24, 2.45) is 5.41 Å². The summed E-state index contributed by atoms with van der Waals surface area (Å²) in [5, 5.41) is 0. The second kappa shape index (κ2) is 7.96. The first-order chi connectivity index (χ1) is 7.22. The predicted octanol–water partition coefficient (Wildman–Crippen LogP) is 4.15. The number of ketones is 1. The first-order valence-corrected chi connectivity index (χ1v) is 11.1. The first kappa shape index (κ1) is 14.8. The molecule has 0 heterocycles. The molecule has 0 radical (unpaired) electrons. The molecule has 0 spiro atoms. The van der Waals surface area contributed by atoms with Crippen LogP contribution in [0.15, 0.2) is 0 Å². The summed E-state index contributed by atoms with van der Waals surface area (Å²) >= 11 is 4.22. The van der Waals surface area contributed by atoms with Gasteiger partial charge in [-0.1, -0.05) is 0 Å². The monoisotopic (exact) mass is 474 g/mol. The van der Waals surface area contributed by atoms with Crippen LogP contribution in [-0.2, 0) is 13.2 Å². The highest BCUT2D eigenvalue weighted by Crippen LogP contribution is 2.38. The van der Waals surface area contributed by atoms with E-state index in [4.69, 9.17) is 8.37 Å². The number of carbonyl (C=O) groups is 1. The molecular weight excluding hydrogens is 462 g/mol. The smallest absolute Gasteiger partial charge is 0.132 e. The summed E-state index contributed by atoms with van der Waals surface area (Å²) in [6, 6.07) is 0. The van der Waals surface area contributed by atoms with Gasteiger partial charge in [-0.15, -0.1) is 0 Å². The fourth-order valence-corrected chi connectivity index (χ4v) is 3.04. The average molecular weight is 474 g/mol. The van der Waals surface area contributed by atoms with E-state index in [-0.39, 0.29) is 5.41 Å². The van der Waals surface area contributed by atoms with Crippen molar-refractivity contribution in [1.29, 1.82) is 0 Å². The van der Waals surface area contributed by atoms with Crippen molar-refractivity contribution in [1.82, 2.24) is 0 Å². The van der Waals surface area contributed by atoms with Gasteiger partial charge in [-0.2, -0.15) is 0 Å². The van der Waals surface area contributed by atoms with Gasteiger partial charge >= 0.3 is 0 Å². The second-order valence-electron chi connectivity index (χ2n) is 3.69. The Labute approximate surface area is 123 Å². The molecule has 1 aliphatic rings. The molecule has 0 aromatic rings. The van der Waals surface area contributed by atoms with Crippen molar-refractivity contribution in [2.75, 3.05) is 13.2 Å². The van der Waals surface area contributed by atoms with Gasteiger partial charge in [-0.3, -0.25) is 4.79 Å². The standard InChI is InChI=1S/C8H12I2O3S2/c9-14-12-5-8(6-13-15-10)3-1-7(11)2-4-8/h1-6H2. The van der Waals surface area contributed by atoms with E-state index in [2.05, 4.69) is 42.4 Å². The van der Waals surface area contributed by atoms with Crippen LogP contribution in [0, 0.1) is 5.41 Å². The summed E-state index contributed by atoms with van der Waals surface area (Å²) in [7, 11) is 2.70. The van der Waals surface area contributed by atoms with Crippen LogP contribution in [0.4, 0.5) is 0 Å². The molecule has 7 heteroatoms. The van der Waals surface area contributed by atoms with Gasteiger partial charge in [0.15, 0.2) is 0 Å². The topological polar surface area (TPSA) is 35.5 Å². The summed E-state index contributed by atoms with van der Waals surface area (Å²) in [5.74, 6) is 0.370. The normalized spacial score (nSPS) is 20.5. The van der Waals surface area contributed by atoms with Crippen molar-refractivity contribution < 1.29 is 13.2 Å². The third-order valence-electron chi connectivity index (χ3n) is 2.69. The number of Topliss-reactive ketones (excluding diaryl/α,β-unsaturated/α-hetero) is 1.